The van der Waals surface area contributed by atoms with E-state index < -0.39 is 0 Å². The van der Waals surface area contributed by atoms with E-state index in [0.717, 1.165) is 0 Å². The Kier molecular flexibility index (Phi) is 4.44. The SMILES string of the molecule is CC(C)(C)n1nc(C(=O)N2CCN(c3ccccc3F)CC2)cc1C1CC1. The van der Waals surface area contributed by atoms with Gasteiger partial charge in [-0.15, -0.1) is 0 Å². The van der Waals surface area contributed by atoms with Crippen LogP contribution in [0.15, 0.2) is 30.3 Å². The quantitative estimate of drug-likeness (QED) is 0.829. The summed E-state index contributed by atoms with van der Waals surface area (Å²) in [5.41, 5.74) is 2.18. The lowest BCUT2D eigenvalue weighted by Gasteiger charge is -2.35. The molecule has 1 saturated carbocycles. The van der Waals surface area contributed by atoms with Gasteiger partial charge in [0.05, 0.1) is 11.2 Å². The molecular formula is C21H27FN4O. The topological polar surface area (TPSA) is 41.4 Å². The molecule has 1 aliphatic heterocycles. The summed E-state index contributed by atoms with van der Waals surface area (Å²) in [7, 11) is 0. The molecule has 0 N–H and O–H groups in total. The number of benzene rings is 1. The number of aromatic nitrogens is 2. The summed E-state index contributed by atoms with van der Waals surface area (Å²) in [4.78, 5) is 16.8. The molecule has 5 nitrogen and oxygen atoms in total. The van der Waals surface area contributed by atoms with Gasteiger partial charge in [-0.05, 0) is 51.8 Å². The van der Waals surface area contributed by atoms with E-state index in [-0.39, 0.29) is 17.3 Å². The molecule has 1 aliphatic carbocycles. The van der Waals surface area contributed by atoms with Crippen molar-refractivity contribution in [1.29, 1.82) is 0 Å². The number of piperazine rings is 1. The van der Waals surface area contributed by atoms with Crippen LogP contribution in [0, 0.1) is 5.82 Å². The van der Waals surface area contributed by atoms with Gasteiger partial charge in [-0.3, -0.25) is 9.48 Å². The lowest BCUT2D eigenvalue weighted by Crippen LogP contribution is -2.49. The van der Waals surface area contributed by atoms with Crippen molar-refractivity contribution in [2.45, 2.75) is 45.1 Å². The normalized spacial score (nSPS) is 18.1. The number of para-hydroxylation sites is 1. The van der Waals surface area contributed by atoms with Crippen LogP contribution in [-0.2, 0) is 5.54 Å². The van der Waals surface area contributed by atoms with Gasteiger partial charge >= 0.3 is 0 Å². The standard InChI is InChI=1S/C21H27FN4O/c1-21(2,3)26-19(15-8-9-15)14-17(23-26)20(27)25-12-10-24(11-13-25)18-7-5-4-6-16(18)22/h4-7,14-15H,8-13H2,1-3H3. The Hall–Kier alpha value is -2.37. The third-order valence-electron chi connectivity index (χ3n) is 5.35. The molecule has 0 unspecified atom stereocenters. The molecule has 2 heterocycles. The average Bonchev–Trinajstić information content (AvgIpc) is 3.38. The van der Waals surface area contributed by atoms with E-state index in [2.05, 4.69) is 25.9 Å². The summed E-state index contributed by atoms with van der Waals surface area (Å²) in [5.74, 6) is 0.305. The Labute approximate surface area is 159 Å². The van der Waals surface area contributed by atoms with Gasteiger partial charge < -0.3 is 9.80 Å². The van der Waals surface area contributed by atoms with Crippen LogP contribution >= 0.6 is 0 Å². The minimum atomic E-state index is -0.213. The van der Waals surface area contributed by atoms with Crippen LogP contribution in [0.1, 0.15) is 55.7 Å². The van der Waals surface area contributed by atoms with E-state index in [1.165, 1.54) is 24.6 Å². The van der Waals surface area contributed by atoms with Crippen molar-refractivity contribution < 1.29 is 9.18 Å². The summed E-state index contributed by atoms with van der Waals surface area (Å²) in [6.07, 6.45) is 2.35. The Morgan fingerprint density at radius 1 is 1.11 bits per heavy atom. The van der Waals surface area contributed by atoms with E-state index in [1.54, 1.807) is 12.1 Å². The van der Waals surface area contributed by atoms with Crippen molar-refractivity contribution in [3.8, 4) is 0 Å². The minimum absolute atomic E-state index is 0.0203. The third kappa shape index (κ3) is 3.57. The number of carbonyl (C=O) groups is 1. The number of nitrogens with zero attached hydrogens (tertiary/aromatic N) is 4. The van der Waals surface area contributed by atoms with Gasteiger partial charge in [0.25, 0.3) is 5.91 Å². The van der Waals surface area contributed by atoms with Crippen LogP contribution in [0.2, 0.25) is 0 Å². The van der Waals surface area contributed by atoms with Crippen LogP contribution < -0.4 is 4.90 Å². The second kappa shape index (κ2) is 6.66. The maximum atomic E-state index is 14.0. The number of amides is 1. The molecule has 4 rings (SSSR count). The highest BCUT2D eigenvalue weighted by Gasteiger charge is 2.34. The maximum Gasteiger partial charge on any atom is 0.274 e. The summed E-state index contributed by atoms with van der Waals surface area (Å²) < 4.78 is 16.0. The first-order chi connectivity index (χ1) is 12.8. The smallest absolute Gasteiger partial charge is 0.274 e. The number of hydrogen-bond donors (Lipinski definition) is 0. The third-order valence-corrected chi connectivity index (χ3v) is 5.35. The Balaban J connectivity index is 1.48. The molecule has 2 aliphatic rings. The number of halogens is 1. The van der Waals surface area contributed by atoms with Crippen LogP contribution in [0.5, 0.6) is 0 Å². The highest BCUT2D eigenvalue weighted by molar-refractivity contribution is 5.92. The van der Waals surface area contributed by atoms with E-state index in [1.807, 2.05) is 26.6 Å². The van der Waals surface area contributed by atoms with E-state index in [9.17, 15) is 9.18 Å². The van der Waals surface area contributed by atoms with Crippen molar-refractivity contribution in [3.05, 3.63) is 47.5 Å². The van der Waals surface area contributed by atoms with Crippen molar-refractivity contribution in [1.82, 2.24) is 14.7 Å². The van der Waals surface area contributed by atoms with Gasteiger partial charge in [0.1, 0.15) is 5.82 Å². The Morgan fingerprint density at radius 3 is 2.37 bits per heavy atom. The lowest BCUT2D eigenvalue weighted by atomic mass is 10.1. The molecule has 6 heteroatoms. The fourth-order valence-electron chi connectivity index (χ4n) is 3.73. The molecule has 1 aromatic carbocycles. The lowest BCUT2D eigenvalue weighted by molar-refractivity contribution is 0.0739. The molecule has 0 bridgehead atoms. The fourth-order valence-corrected chi connectivity index (χ4v) is 3.73. The highest BCUT2D eigenvalue weighted by Crippen LogP contribution is 2.41. The first kappa shape index (κ1) is 18.0. The molecule has 2 fully saturated rings. The number of anilines is 1. The fraction of sp³-hybridized carbons (Fsp3) is 0.524. The second-order valence-corrected chi connectivity index (χ2v) is 8.54. The van der Waals surface area contributed by atoms with Gasteiger partial charge in [-0.25, -0.2) is 4.39 Å². The monoisotopic (exact) mass is 370 g/mol. The van der Waals surface area contributed by atoms with Crippen molar-refractivity contribution in [2.75, 3.05) is 31.1 Å². The Morgan fingerprint density at radius 2 is 1.78 bits per heavy atom. The summed E-state index contributed by atoms with van der Waals surface area (Å²) in [6.45, 7) is 8.76. The van der Waals surface area contributed by atoms with Gasteiger partial charge in [0.2, 0.25) is 0 Å². The highest BCUT2D eigenvalue weighted by atomic mass is 19.1. The van der Waals surface area contributed by atoms with Gasteiger partial charge in [0, 0.05) is 37.8 Å². The molecule has 1 amide bonds. The molecule has 0 atom stereocenters. The van der Waals surface area contributed by atoms with Crippen LogP contribution in [0.3, 0.4) is 0 Å². The van der Waals surface area contributed by atoms with Crippen LogP contribution in [0.4, 0.5) is 10.1 Å². The molecule has 2 aromatic rings. The Bertz CT molecular complexity index is 842. The molecule has 0 spiro atoms. The molecule has 27 heavy (non-hydrogen) atoms. The van der Waals surface area contributed by atoms with Crippen LogP contribution in [0.25, 0.3) is 0 Å². The zero-order valence-electron chi connectivity index (χ0n) is 16.3. The molecule has 1 aromatic heterocycles. The van der Waals surface area contributed by atoms with Gasteiger partial charge in [0.15, 0.2) is 5.69 Å². The van der Waals surface area contributed by atoms with Crippen molar-refractivity contribution in [2.24, 2.45) is 0 Å². The molecule has 144 valence electrons. The molecular weight excluding hydrogens is 343 g/mol. The number of rotatable bonds is 3. The van der Waals surface area contributed by atoms with Gasteiger partial charge in [-0.1, -0.05) is 12.1 Å². The first-order valence-electron chi connectivity index (χ1n) is 9.74. The predicted octanol–water partition coefficient (Wildman–Crippen LogP) is 3.62. The summed E-state index contributed by atoms with van der Waals surface area (Å²) >= 11 is 0. The zero-order valence-corrected chi connectivity index (χ0v) is 16.3. The van der Waals surface area contributed by atoms with E-state index in [4.69, 9.17) is 0 Å². The number of hydrogen-bond acceptors (Lipinski definition) is 3. The summed E-state index contributed by atoms with van der Waals surface area (Å²) in [5, 5.41) is 4.66. The van der Waals surface area contributed by atoms with E-state index in [0.29, 0.717) is 43.5 Å². The summed E-state index contributed by atoms with van der Waals surface area (Å²) in [6, 6.07) is 8.79. The average molecular weight is 370 g/mol. The largest absolute Gasteiger partial charge is 0.366 e. The maximum absolute atomic E-state index is 14.0. The number of carbonyl (C=O) groups excluding carboxylic acids is 1. The predicted molar refractivity (Wildman–Crippen MR) is 104 cm³/mol. The zero-order chi connectivity index (χ0) is 19.2. The minimum Gasteiger partial charge on any atom is -0.366 e. The van der Waals surface area contributed by atoms with Gasteiger partial charge in [-0.2, -0.15) is 5.10 Å². The molecule has 0 radical (unpaired) electrons. The molecule has 1 saturated heterocycles. The van der Waals surface area contributed by atoms with E-state index >= 15 is 0 Å². The van der Waals surface area contributed by atoms with Crippen LogP contribution in [-0.4, -0.2) is 46.8 Å². The van der Waals surface area contributed by atoms with Crippen molar-refractivity contribution in [3.63, 3.8) is 0 Å². The first-order valence-corrected chi connectivity index (χ1v) is 9.74. The van der Waals surface area contributed by atoms with Crippen molar-refractivity contribution >= 4 is 11.6 Å². The second-order valence-electron chi connectivity index (χ2n) is 8.54.